The Kier molecular flexibility index (Phi) is 5.86. The van der Waals surface area contributed by atoms with Crippen LogP contribution in [0.2, 0.25) is 0 Å². The van der Waals surface area contributed by atoms with E-state index in [2.05, 4.69) is 41.6 Å². The quantitative estimate of drug-likeness (QED) is 0.653. The van der Waals surface area contributed by atoms with Gasteiger partial charge in [0, 0.05) is 38.1 Å². The van der Waals surface area contributed by atoms with Gasteiger partial charge >= 0.3 is 0 Å². The summed E-state index contributed by atoms with van der Waals surface area (Å²) in [6, 6.07) is 8.51. The number of fused-ring (bicyclic) bond motifs is 1. The Morgan fingerprint density at radius 3 is 2.63 bits per heavy atom. The monoisotopic (exact) mass is 366 g/mol. The number of aromatic nitrogens is 3. The Morgan fingerprint density at radius 2 is 1.93 bits per heavy atom. The number of nitrogens with zero attached hydrogens (tertiary/aromatic N) is 3. The molecule has 0 aliphatic heterocycles. The Labute approximate surface area is 159 Å². The third-order valence-corrected chi connectivity index (χ3v) is 4.77. The first-order chi connectivity index (χ1) is 13.0. The molecular formula is C21H26N4O2. The number of carbonyl (C=O) groups excluding carboxylic acids is 1. The van der Waals surface area contributed by atoms with Crippen molar-refractivity contribution in [2.45, 2.75) is 33.6 Å². The van der Waals surface area contributed by atoms with E-state index in [1.807, 2.05) is 13.8 Å². The van der Waals surface area contributed by atoms with Crippen molar-refractivity contribution in [3.63, 3.8) is 0 Å². The van der Waals surface area contributed by atoms with Crippen molar-refractivity contribution in [1.82, 2.24) is 19.9 Å². The summed E-state index contributed by atoms with van der Waals surface area (Å²) in [5.74, 6) is -0.154. The van der Waals surface area contributed by atoms with Crippen LogP contribution in [-0.4, -0.2) is 40.8 Å². The number of amides is 1. The maximum atomic E-state index is 12.5. The van der Waals surface area contributed by atoms with Gasteiger partial charge in [0.2, 0.25) is 0 Å². The van der Waals surface area contributed by atoms with Crippen molar-refractivity contribution < 1.29 is 9.53 Å². The van der Waals surface area contributed by atoms with Crippen LogP contribution < -0.4 is 5.32 Å². The van der Waals surface area contributed by atoms with Gasteiger partial charge in [0.05, 0.1) is 6.20 Å². The molecule has 0 radical (unpaired) electrons. The summed E-state index contributed by atoms with van der Waals surface area (Å²) >= 11 is 0. The van der Waals surface area contributed by atoms with Crippen LogP contribution in [0.4, 0.5) is 0 Å². The number of nitrogens with one attached hydrogen (secondary N) is 1. The molecule has 6 nitrogen and oxygen atoms in total. The van der Waals surface area contributed by atoms with E-state index in [9.17, 15) is 4.79 Å². The van der Waals surface area contributed by atoms with Gasteiger partial charge in [-0.3, -0.25) is 4.79 Å². The molecule has 6 heteroatoms. The van der Waals surface area contributed by atoms with Gasteiger partial charge in [0.15, 0.2) is 5.65 Å². The predicted octanol–water partition coefficient (Wildman–Crippen LogP) is 3.01. The predicted molar refractivity (Wildman–Crippen MR) is 105 cm³/mol. The standard InChI is InChI=1S/C21H26N4O2/c1-14-6-8-17(9-7-14)12-18-15(2)24-20-19(13-23-25(20)16(18)3)21(26)22-10-5-11-27-4/h6-9,13H,5,10-12H2,1-4H3,(H,22,26). The zero-order chi connectivity index (χ0) is 19.4. The summed E-state index contributed by atoms with van der Waals surface area (Å²) in [6.45, 7) is 7.28. The van der Waals surface area contributed by atoms with Crippen molar-refractivity contribution in [2.24, 2.45) is 0 Å². The molecule has 0 spiro atoms. The van der Waals surface area contributed by atoms with Crippen LogP contribution in [0, 0.1) is 20.8 Å². The largest absolute Gasteiger partial charge is 0.385 e. The normalized spacial score (nSPS) is 11.1. The maximum absolute atomic E-state index is 12.5. The zero-order valence-corrected chi connectivity index (χ0v) is 16.4. The van der Waals surface area contributed by atoms with Crippen LogP contribution in [0.3, 0.4) is 0 Å². The van der Waals surface area contributed by atoms with E-state index in [1.165, 1.54) is 11.1 Å². The zero-order valence-electron chi connectivity index (χ0n) is 16.4. The first kappa shape index (κ1) is 19.0. The van der Waals surface area contributed by atoms with E-state index in [4.69, 9.17) is 9.72 Å². The van der Waals surface area contributed by atoms with Crippen molar-refractivity contribution >= 4 is 11.6 Å². The molecule has 1 amide bonds. The SMILES string of the molecule is COCCCNC(=O)c1cnn2c(C)c(Cc3ccc(C)cc3)c(C)nc12. The van der Waals surface area contributed by atoms with Crippen LogP contribution in [0.5, 0.6) is 0 Å². The van der Waals surface area contributed by atoms with Crippen LogP contribution in [0.1, 0.15) is 44.9 Å². The second-order valence-electron chi connectivity index (χ2n) is 6.82. The Balaban J connectivity index is 1.87. The smallest absolute Gasteiger partial charge is 0.256 e. The van der Waals surface area contributed by atoms with Gasteiger partial charge in [-0.2, -0.15) is 5.10 Å². The fraction of sp³-hybridized carbons (Fsp3) is 0.381. The maximum Gasteiger partial charge on any atom is 0.256 e. The van der Waals surface area contributed by atoms with Gasteiger partial charge in [-0.15, -0.1) is 0 Å². The van der Waals surface area contributed by atoms with Crippen LogP contribution in [0.15, 0.2) is 30.5 Å². The minimum atomic E-state index is -0.154. The topological polar surface area (TPSA) is 68.5 Å². The Hall–Kier alpha value is -2.73. The molecule has 0 atom stereocenters. The van der Waals surface area contributed by atoms with Gasteiger partial charge in [-0.05, 0) is 38.3 Å². The van der Waals surface area contributed by atoms with E-state index in [0.29, 0.717) is 24.4 Å². The first-order valence-corrected chi connectivity index (χ1v) is 9.17. The summed E-state index contributed by atoms with van der Waals surface area (Å²) in [6.07, 6.45) is 3.16. The molecule has 0 saturated carbocycles. The average Bonchev–Trinajstić information content (AvgIpc) is 3.07. The van der Waals surface area contributed by atoms with E-state index < -0.39 is 0 Å². The lowest BCUT2D eigenvalue weighted by molar-refractivity contribution is 0.0950. The van der Waals surface area contributed by atoms with Gasteiger partial charge in [-0.25, -0.2) is 9.50 Å². The van der Waals surface area contributed by atoms with Gasteiger partial charge in [0.1, 0.15) is 5.56 Å². The number of aryl methyl sites for hydroxylation is 3. The number of ether oxygens (including phenoxy) is 1. The molecule has 0 saturated heterocycles. The summed E-state index contributed by atoms with van der Waals surface area (Å²) < 4.78 is 6.77. The second kappa shape index (κ2) is 8.31. The highest BCUT2D eigenvalue weighted by Crippen LogP contribution is 2.20. The minimum Gasteiger partial charge on any atom is -0.385 e. The van der Waals surface area contributed by atoms with Crippen molar-refractivity contribution in [1.29, 1.82) is 0 Å². The molecule has 0 aliphatic rings. The molecule has 0 bridgehead atoms. The molecule has 3 aromatic rings. The highest BCUT2D eigenvalue weighted by atomic mass is 16.5. The van der Waals surface area contributed by atoms with Crippen molar-refractivity contribution in [2.75, 3.05) is 20.3 Å². The van der Waals surface area contributed by atoms with E-state index >= 15 is 0 Å². The van der Waals surface area contributed by atoms with Gasteiger partial charge in [-0.1, -0.05) is 29.8 Å². The Morgan fingerprint density at radius 1 is 1.19 bits per heavy atom. The van der Waals surface area contributed by atoms with Crippen molar-refractivity contribution in [3.05, 3.63) is 64.1 Å². The highest BCUT2D eigenvalue weighted by molar-refractivity contribution is 5.99. The fourth-order valence-electron chi connectivity index (χ4n) is 3.15. The number of hydrogen-bond acceptors (Lipinski definition) is 4. The number of hydrogen-bond donors (Lipinski definition) is 1. The van der Waals surface area contributed by atoms with Gasteiger partial charge in [0.25, 0.3) is 5.91 Å². The fourth-order valence-corrected chi connectivity index (χ4v) is 3.15. The lowest BCUT2D eigenvalue weighted by Crippen LogP contribution is -2.25. The van der Waals surface area contributed by atoms with Crippen LogP contribution in [-0.2, 0) is 11.2 Å². The van der Waals surface area contributed by atoms with E-state index in [0.717, 1.165) is 29.8 Å². The van der Waals surface area contributed by atoms with E-state index in [-0.39, 0.29) is 5.91 Å². The Bertz CT molecular complexity index is 945. The minimum absolute atomic E-state index is 0.154. The summed E-state index contributed by atoms with van der Waals surface area (Å²) in [7, 11) is 1.65. The van der Waals surface area contributed by atoms with Crippen LogP contribution in [0.25, 0.3) is 5.65 Å². The third kappa shape index (κ3) is 4.17. The summed E-state index contributed by atoms with van der Waals surface area (Å²) in [5.41, 5.74) is 6.65. The molecule has 3 rings (SSSR count). The number of carbonyl (C=O) groups is 1. The summed E-state index contributed by atoms with van der Waals surface area (Å²) in [4.78, 5) is 17.2. The van der Waals surface area contributed by atoms with Crippen LogP contribution >= 0.6 is 0 Å². The van der Waals surface area contributed by atoms with E-state index in [1.54, 1.807) is 17.8 Å². The third-order valence-electron chi connectivity index (χ3n) is 4.77. The number of methoxy groups -OCH3 is 1. The number of benzene rings is 1. The summed E-state index contributed by atoms with van der Waals surface area (Å²) in [5, 5.41) is 7.31. The number of rotatable bonds is 7. The molecule has 0 unspecified atom stereocenters. The molecule has 1 aromatic carbocycles. The van der Waals surface area contributed by atoms with Gasteiger partial charge < -0.3 is 10.1 Å². The molecule has 2 aromatic heterocycles. The lowest BCUT2D eigenvalue weighted by Gasteiger charge is -2.12. The molecule has 2 heterocycles. The highest BCUT2D eigenvalue weighted by Gasteiger charge is 2.18. The second-order valence-corrected chi connectivity index (χ2v) is 6.82. The molecular weight excluding hydrogens is 340 g/mol. The molecule has 0 fully saturated rings. The molecule has 27 heavy (non-hydrogen) atoms. The molecule has 1 N–H and O–H groups in total. The lowest BCUT2D eigenvalue weighted by atomic mass is 10.0. The molecule has 0 aliphatic carbocycles. The first-order valence-electron chi connectivity index (χ1n) is 9.17. The average molecular weight is 366 g/mol. The molecule has 142 valence electrons. The van der Waals surface area contributed by atoms with Crippen molar-refractivity contribution in [3.8, 4) is 0 Å².